The summed E-state index contributed by atoms with van der Waals surface area (Å²) in [5, 5.41) is 12.2. The fraction of sp³-hybridized carbons (Fsp3) is 0.500. The van der Waals surface area contributed by atoms with E-state index in [9.17, 15) is 19.5 Å². The molecule has 25 heavy (non-hydrogen) atoms. The van der Waals surface area contributed by atoms with Gasteiger partial charge in [0.15, 0.2) is 0 Å². The lowest BCUT2D eigenvalue weighted by molar-refractivity contribution is -0.149. The summed E-state index contributed by atoms with van der Waals surface area (Å²) in [6, 6.07) is 7.47. The summed E-state index contributed by atoms with van der Waals surface area (Å²) >= 11 is 0. The highest BCUT2D eigenvalue weighted by Crippen LogP contribution is 2.30. The molecular weight excluding hydrogens is 324 g/mol. The zero-order valence-electron chi connectivity index (χ0n) is 14.1. The van der Waals surface area contributed by atoms with E-state index in [4.69, 9.17) is 4.74 Å². The summed E-state index contributed by atoms with van der Waals surface area (Å²) < 4.78 is 5.41. The molecular formula is C18H22N2O5. The number of aliphatic carboxylic acids is 1. The fourth-order valence-corrected chi connectivity index (χ4v) is 3.50. The number of carbonyl (C=O) groups excluding carboxylic acids is 2. The average Bonchev–Trinajstić information content (AvgIpc) is 3.22. The number of rotatable bonds is 5. The van der Waals surface area contributed by atoms with Crippen molar-refractivity contribution in [1.82, 2.24) is 10.2 Å². The summed E-state index contributed by atoms with van der Waals surface area (Å²) in [6.45, 7) is 2.09. The van der Waals surface area contributed by atoms with Crippen molar-refractivity contribution in [1.29, 1.82) is 0 Å². The molecule has 1 amide bonds. The number of likely N-dealkylation sites (tertiary alicyclic amines) is 1. The van der Waals surface area contributed by atoms with Crippen LogP contribution in [-0.2, 0) is 19.1 Å². The van der Waals surface area contributed by atoms with Crippen LogP contribution in [0.1, 0.15) is 37.9 Å². The van der Waals surface area contributed by atoms with Crippen LogP contribution in [0.5, 0.6) is 0 Å². The number of nitrogens with one attached hydrogen (secondary N) is 1. The van der Waals surface area contributed by atoms with Gasteiger partial charge in [0.25, 0.3) is 0 Å². The standard InChI is InChI=1S/C18H22N2O5/c1-11(16(21)20-9-5-8-14(20)17(22)23)19-13-10-15(25-18(13)24)12-6-3-2-4-7-12/h2-4,6-7,11,13-15,19H,5,8-10H2,1H3,(H,22,23)/t11-,13-,14-,15-/m0/s1. The number of carboxylic acids is 1. The molecule has 2 heterocycles. The molecule has 0 radical (unpaired) electrons. The van der Waals surface area contributed by atoms with E-state index in [1.54, 1.807) is 6.92 Å². The van der Waals surface area contributed by atoms with Crippen molar-refractivity contribution in [3.8, 4) is 0 Å². The highest BCUT2D eigenvalue weighted by molar-refractivity contribution is 5.88. The minimum Gasteiger partial charge on any atom is -0.480 e. The van der Waals surface area contributed by atoms with Crippen molar-refractivity contribution < 1.29 is 24.2 Å². The quantitative estimate of drug-likeness (QED) is 0.775. The van der Waals surface area contributed by atoms with Gasteiger partial charge in [0.2, 0.25) is 5.91 Å². The molecule has 2 N–H and O–H groups in total. The lowest BCUT2D eigenvalue weighted by Crippen LogP contribution is -2.52. The van der Waals surface area contributed by atoms with Crippen LogP contribution in [-0.4, -0.2) is 52.5 Å². The Balaban J connectivity index is 1.61. The van der Waals surface area contributed by atoms with Crippen molar-refractivity contribution in [2.24, 2.45) is 0 Å². The molecule has 0 unspecified atom stereocenters. The van der Waals surface area contributed by atoms with E-state index < -0.39 is 24.1 Å². The Morgan fingerprint density at radius 1 is 1.32 bits per heavy atom. The maximum absolute atomic E-state index is 12.6. The number of carbonyl (C=O) groups is 3. The van der Waals surface area contributed by atoms with Crippen molar-refractivity contribution in [2.75, 3.05) is 6.54 Å². The molecule has 2 aliphatic rings. The van der Waals surface area contributed by atoms with E-state index in [0.717, 1.165) is 5.56 Å². The van der Waals surface area contributed by atoms with Gasteiger partial charge in [-0.1, -0.05) is 30.3 Å². The largest absolute Gasteiger partial charge is 0.480 e. The van der Waals surface area contributed by atoms with E-state index in [2.05, 4.69) is 5.32 Å². The molecule has 0 bridgehead atoms. The number of benzene rings is 1. The van der Waals surface area contributed by atoms with Gasteiger partial charge in [0, 0.05) is 13.0 Å². The van der Waals surface area contributed by atoms with Gasteiger partial charge in [-0.3, -0.25) is 14.9 Å². The van der Waals surface area contributed by atoms with E-state index in [-0.39, 0.29) is 18.0 Å². The summed E-state index contributed by atoms with van der Waals surface area (Å²) in [7, 11) is 0. The average molecular weight is 346 g/mol. The van der Waals surface area contributed by atoms with Gasteiger partial charge in [0.1, 0.15) is 18.2 Å². The Labute approximate surface area is 146 Å². The zero-order valence-corrected chi connectivity index (χ0v) is 14.1. The summed E-state index contributed by atoms with van der Waals surface area (Å²) in [6.07, 6.45) is 1.27. The third-order valence-electron chi connectivity index (χ3n) is 4.81. The molecule has 134 valence electrons. The van der Waals surface area contributed by atoms with Crippen LogP contribution in [0.3, 0.4) is 0 Å². The SMILES string of the molecule is C[C@H](N[C@H]1C[C@@H](c2ccccc2)OC1=O)C(=O)N1CCC[C@H]1C(=O)O. The van der Waals surface area contributed by atoms with E-state index in [1.807, 2.05) is 30.3 Å². The summed E-state index contributed by atoms with van der Waals surface area (Å²) in [4.78, 5) is 37.3. The van der Waals surface area contributed by atoms with Crippen LogP contribution in [0.15, 0.2) is 30.3 Å². The first kappa shape index (κ1) is 17.4. The van der Waals surface area contributed by atoms with E-state index >= 15 is 0 Å². The van der Waals surface area contributed by atoms with Gasteiger partial charge >= 0.3 is 11.9 Å². The Kier molecular flexibility index (Phi) is 5.03. The molecule has 1 aromatic rings. The first-order valence-electron chi connectivity index (χ1n) is 8.52. The fourth-order valence-electron chi connectivity index (χ4n) is 3.50. The smallest absolute Gasteiger partial charge is 0.326 e. The molecule has 2 fully saturated rings. The van der Waals surface area contributed by atoms with Crippen LogP contribution < -0.4 is 5.32 Å². The molecule has 0 aromatic heterocycles. The molecule has 7 nitrogen and oxygen atoms in total. The van der Waals surface area contributed by atoms with Crippen LogP contribution in [0.2, 0.25) is 0 Å². The third kappa shape index (κ3) is 3.66. The lowest BCUT2D eigenvalue weighted by Gasteiger charge is -2.26. The zero-order chi connectivity index (χ0) is 18.0. The number of hydrogen-bond donors (Lipinski definition) is 2. The van der Waals surface area contributed by atoms with Crippen LogP contribution in [0.25, 0.3) is 0 Å². The predicted octanol–water partition coefficient (Wildman–Crippen LogP) is 1.10. The molecule has 0 saturated carbocycles. The van der Waals surface area contributed by atoms with Crippen LogP contribution >= 0.6 is 0 Å². The van der Waals surface area contributed by atoms with Gasteiger partial charge < -0.3 is 14.7 Å². The molecule has 2 aliphatic heterocycles. The minimum atomic E-state index is -0.984. The number of amides is 1. The van der Waals surface area contributed by atoms with E-state index in [0.29, 0.717) is 25.8 Å². The number of carboxylic acid groups (broad SMARTS) is 1. The Morgan fingerprint density at radius 3 is 2.72 bits per heavy atom. The Hall–Kier alpha value is -2.41. The Bertz CT molecular complexity index is 663. The lowest BCUT2D eigenvalue weighted by atomic mass is 10.0. The second kappa shape index (κ2) is 7.23. The van der Waals surface area contributed by atoms with Gasteiger partial charge in [-0.2, -0.15) is 0 Å². The monoisotopic (exact) mass is 346 g/mol. The molecule has 7 heteroatoms. The van der Waals surface area contributed by atoms with Gasteiger partial charge in [-0.15, -0.1) is 0 Å². The number of ether oxygens (including phenoxy) is 1. The molecule has 2 saturated heterocycles. The number of cyclic esters (lactones) is 1. The van der Waals surface area contributed by atoms with Gasteiger partial charge in [-0.25, -0.2) is 4.79 Å². The second-order valence-corrected chi connectivity index (χ2v) is 6.54. The van der Waals surface area contributed by atoms with Crippen molar-refractivity contribution in [3.63, 3.8) is 0 Å². The van der Waals surface area contributed by atoms with Gasteiger partial charge in [0.05, 0.1) is 6.04 Å². The molecule has 4 atom stereocenters. The van der Waals surface area contributed by atoms with Crippen molar-refractivity contribution >= 4 is 17.8 Å². The number of nitrogens with zero attached hydrogens (tertiary/aromatic N) is 1. The van der Waals surface area contributed by atoms with E-state index in [1.165, 1.54) is 4.90 Å². The van der Waals surface area contributed by atoms with Gasteiger partial charge in [-0.05, 0) is 25.3 Å². The third-order valence-corrected chi connectivity index (χ3v) is 4.81. The summed E-state index contributed by atoms with van der Waals surface area (Å²) in [5.74, 6) is -1.66. The maximum Gasteiger partial charge on any atom is 0.326 e. The number of hydrogen-bond acceptors (Lipinski definition) is 5. The predicted molar refractivity (Wildman–Crippen MR) is 88.6 cm³/mol. The first-order valence-corrected chi connectivity index (χ1v) is 8.52. The Morgan fingerprint density at radius 2 is 2.04 bits per heavy atom. The molecule has 0 spiro atoms. The maximum atomic E-state index is 12.6. The molecule has 0 aliphatic carbocycles. The van der Waals surface area contributed by atoms with Crippen LogP contribution in [0.4, 0.5) is 0 Å². The number of esters is 1. The minimum absolute atomic E-state index is 0.291. The molecule has 1 aromatic carbocycles. The molecule has 3 rings (SSSR count). The van der Waals surface area contributed by atoms with Crippen LogP contribution in [0, 0.1) is 0 Å². The second-order valence-electron chi connectivity index (χ2n) is 6.54. The van der Waals surface area contributed by atoms with Crippen molar-refractivity contribution in [2.45, 2.75) is 50.4 Å². The highest BCUT2D eigenvalue weighted by Gasteiger charge is 2.40. The van der Waals surface area contributed by atoms with Crippen molar-refractivity contribution in [3.05, 3.63) is 35.9 Å². The summed E-state index contributed by atoms with van der Waals surface area (Å²) in [5.41, 5.74) is 0.921. The topological polar surface area (TPSA) is 95.9 Å². The first-order chi connectivity index (χ1) is 12.0. The highest BCUT2D eigenvalue weighted by atomic mass is 16.6. The normalized spacial score (nSPS) is 27.2.